The monoisotopic (exact) mass is 413 g/mol. The maximum atomic E-state index is 13.2. The van der Waals surface area contributed by atoms with E-state index in [0.717, 1.165) is 68.6 Å². The summed E-state index contributed by atoms with van der Waals surface area (Å²) in [7, 11) is 3.44. The van der Waals surface area contributed by atoms with Gasteiger partial charge in [-0.25, -0.2) is 4.39 Å². The Morgan fingerprint density at radius 1 is 0.900 bits per heavy atom. The van der Waals surface area contributed by atoms with Crippen molar-refractivity contribution in [3.05, 3.63) is 53.8 Å². The normalized spacial score (nSPS) is 20.9. The second-order valence-electron chi connectivity index (χ2n) is 8.17. The zero-order valence-corrected chi connectivity index (χ0v) is 18.0. The van der Waals surface area contributed by atoms with Gasteiger partial charge < -0.3 is 14.4 Å². The largest absolute Gasteiger partial charge is 0.496 e. The minimum atomic E-state index is -0.175. The molecule has 0 bridgehead atoms. The van der Waals surface area contributed by atoms with Crippen LogP contribution in [0.3, 0.4) is 0 Å². The van der Waals surface area contributed by atoms with Crippen molar-refractivity contribution in [2.75, 3.05) is 58.4 Å². The summed E-state index contributed by atoms with van der Waals surface area (Å²) in [5.41, 5.74) is 2.24. The molecule has 2 heterocycles. The van der Waals surface area contributed by atoms with Gasteiger partial charge >= 0.3 is 0 Å². The topological polar surface area (TPSA) is 28.2 Å². The highest BCUT2D eigenvalue weighted by molar-refractivity contribution is 5.47. The lowest BCUT2D eigenvalue weighted by atomic mass is 10.0. The maximum absolute atomic E-state index is 13.2. The molecule has 2 aromatic carbocycles. The average molecular weight is 414 g/mol. The third-order valence-electron chi connectivity index (χ3n) is 6.41. The van der Waals surface area contributed by atoms with Crippen molar-refractivity contribution in [1.82, 2.24) is 9.80 Å². The minimum Gasteiger partial charge on any atom is -0.496 e. The van der Waals surface area contributed by atoms with E-state index in [1.165, 1.54) is 12.8 Å². The lowest BCUT2D eigenvalue weighted by Gasteiger charge is -2.44. The quantitative estimate of drug-likeness (QED) is 0.721. The smallest absolute Gasteiger partial charge is 0.127 e. The van der Waals surface area contributed by atoms with Crippen molar-refractivity contribution in [3.8, 4) is 11.5 Å². The first kappa shape index (κ1) is 20.9. The van der Waals surface area contributed by atoms with Gasteiger partial charge in [0.05, 0.1) is 19.8 Å². The van der Waals surface area contributed by atoms with Crippen molar-refractivity contribution in [2.45, 2.75) is 25.4 Å². The van der Waals surface area contributed by atoms with Crippen molar-refractivity contribution in [1.29, 1.82) is 0 Å². The fraction of sp³-hybridized carbons (Fsp3) is 0.500. The third-order valence-corrected chi connectivity index (χ3v) is 6.41. The molecule has 0 aliphatic carbocycles. The predicted molar refractivity (Wildman–Crippen MR) is 118 cm³/mol. The predicted octanol–water partition coefficient (Wildman–Crippen LogP) is 3.63. The summed E-state index contributed by atoms with van der Waals surface area (Å²) in [5, 5.41) is 0. The lowest BCUT2D eigenvalue weighted by molar-refractivity contribution is 0.0878. The lowest BCUT2D eigenvalue weighted by Crippen LogP contribution is -2.55. The number of hydrogen-bond acceptors (Lipinski definition) is 5. The van der Waals surface area contributed by atoms with Gasteiger partial charge in [0.15, 0.2) is 0 Å². The molecule has 5 nitrogen and oxygen atoms in total. The van der Waals surface area contributed by atoms with E-state index < -0.39 is 0 Å². The summed E-state index contributed by atoms with van der Waals surface area (Å²) in [6.45, 7) is 7.09. The van der Waals surface area contributed by atoms with E-state index in [2.05, 4.69) is 14.7 Å². The number of ether oxygens (including phenoxy) is 2. The van der Waals surface area contributed by atoms with Gasteiger partial charge in [-0.3, -0.25) is 9.80 Å². The number of piperidine rings is 1. The Morgan fingerprint density at radius 3 is 2.20 bits per heavy atom. The number of methoxy groups -OCH3 is 2. The molecular formula is C24H32FN3O2. The molecular weight excluding hydrogens is 381 g/mol. The molecule has 162 valence electrons. The zero-order chi connectivity index (χ0) is 20.9. The molecule has 6 heteroatoms. The number of hydrogen-bond donors (Lipinski definition) is 0. The summed E-state index contributed by atoms with van der Waals surface area (Å²) < 4.78 is 24.4. The summed E-state index contributed by atoms with van der Waals surface area (Å²) >= 11 is 0. The standard InChI is InChI=1S/C24H32FN3O2/c1-29-23-6-3-7-24(30-2)22(23)18-26-12-4-5-21(17-26)28-15-13-27(14-16-28)20-10-8-19(25)9-11-20/h3,6-11,21H,4-5,12-18H2,1-2H3. The molecule has 2 aliphatic rings. The Labute approximate surface area is 179 Å². The molecule has 2 aliphatic heterocycles. The van der Waals surface area contributed by atoms with Gasteiger partial charge in [0, 0.05) is 51.0 Å². The third kappa shape index (κ3) is 4.71. The van der Waals surface area contributed by atoms with E-state index >= 15 is 0 Å². The molecule has 0 amide bonds. The van der Waals surface area contributed by atoms with Crippen LogP contribution < -0.4 is 14.4 Å². The number of piperazine rings is 1. The van der Waals surface area contributed by atoms with Gasteiger partial charge in [-0.15, -0.1) is 0 Å². The molecule has 30 heavy (non-hydrogen) atoms. The highest BCUT2D eigenvalue weighted by Gasteiger charge is 2.29. The van der Waals surface area contributed by atoms with Crippen LogP contribution in [-0.4, -0.2) is 69.3 Å². The molecule has 4 rings (SSSR count). The summed E-state index contributed by atoms with van der Waals surface area (Å²) in [5.74, 6) is 1.61. The fourth-order valence-electron chi connectivity index (χ4n) is 4.78. The Kier molecular flexibility index (Phi) is 6.75. The van der Waals surface area contributed by atoms with Crippen LogP contribution in [0.15, 0.2) is 42.5 Å². The number of nitrogens with zero attached hydrogens (tertiary/aromatic N) is 3. The summed E-state index contributed by atoms with van der Waals surface area (Å²) in [6.07, 6.45) is 2.45. The molecule has 0 saturated carbocycles. The molecule has 0 spiro atoms. The summed E-state index contributed by atoms with van der Waals surface area (Å²) in [4.78, 5) is 7.52. The number of rotatable bonds is 6. The second kappa shape index (κ2) is 9.67. The molecule has 1 atom stereocenters. The van der Waals surface area contributed by atoms with Crippen molar-refractivity contribution in [2.24, 2.45) is 0 Å². The number of likely N-dealkylation sites (tertiary alicyclic amines) is 1. The van der Waals surface area contributed by atoms with Crippen molar-refractivity contribution < 1.29 is 13.9 Å². The number of anilines is 1. The van der Waals surface area contributed by atoms with E-state index in [-0.39, 0.29) is 5.82 Å². The van der Waals surface area contributed by atoms with Crippen LogP contribution in [-0.2, 0) is 6.54 Å². The van der Waals surface area contributed by atoms with Crippen LogP contribution in [0.1, 0.15) is 18.4 Å². The van der Waals surface area contributed by atoms with Crippen LogP contribution in [0, 0.1) is 5.82 Å². The molecule has 1 unspecified atom stereocenters. The molecule has 0 N–H and O–H groups in total. The van der Waals surface area contributed by atoms with Crippen LogP contribution in [0.2, 0.25) is 0 Å². The fourth-order valence-corrected chi connectivity index (χ4v) is 4.78. The minimum absolute atomic E-state index is 0.175. The van der Waals surface area contributed by atoms with E-state index in [4.69, 9.17) is 9.47 Å². The van der Waals surface area contributed by atoms with Crippen molar-refractivity contribution >= 4 is 5.69 Å². The zero-order valence-electron chi connectivity index (χ0n) is 18.0. The van der Waals surface area contributed by atoms with Gasteiger partial charge in [0.1, 0.15) is 17.3 Å². The van der Waals surface area contributed by atoms with E-state index in [9.17, 15) is 4.39 Å². The van der Waals surface area contributed by atoms with Crippen LogP contribution in [0.25, 0.3) is 0 Å². The van der Waals surface area contributed by atoms with Crippen LogP contribution in [0.4, 0.5) is 10.1 Å². The van der Waals surface area contributed by atoms with Crippen LogP contribution >= 0.6 is 0 Å². The molecule has 0 aromatic heterocycles. The Morgan fingerprint density at radius 2 is 1.57 bits per heavy atom. The molecule has 0 radical (unpaired) electrons. The van der Waals surface area contributed by atoms with Gasteiger partial charge in [-0.2, -0.15) is 0 Å². The van der Waals surface area contributed by atoms with Gasteiger partial charge in [-0.1, -0.05) is 6.07 Å². The van der Waals surface area contributed by atoms with Crippen molar-refractivity contribution in [3.63, 3.8) is 0 Å². The van der Waals surface area contributed by atoms with Gasteiger partial charge in [0.2, 0.25) is 0 Å². The molecule has 2 aromatic rings. The number of benzene rings is 2. The SMILES string of the molecule is COc1cccc(OC)c1CN1CCCC(N2CCN(c3ccc(F)cc3)CC2)C1. The van der Waals surface area contributed by atoms with E-state index in [0.29, 0.717) is 6.04 Å². The van der Waals surface area contributed by atoms with E-state index in [1.807, 2.05) is 30.3 Å². The van der Waals surface area contributed by atoms with Crippen LogP contribution in [0.5, 0.6) is 11.5 Å². The Bertz CT molecular complexity index is 799. The average Bonchev–Trinajstić information content (AvgIpc) is 2.80. The first-order chi connectivity index (χ1) is 14.7. The Balaban J connectivity index is 1.35. The summed E-state index contributed by atoms with van der Waals surface area (Å²) in [6, 6.07) is 13.4. The number of halogens is 1. The second-order valence-corrected chi connectivity index (χ2v) is 8.17. The first-order valence-electron chi connectivity index (χ1n) is 10.8. The molecule has 2 fully saturated rings. The first-order valence-corrected chi connectivity index (χ1v) is 10.8. The van der Waals surface area contributed by atoms with Gasteiger partial charge in [-0.05, 0) is 55.8 Å². The Hall–Kier alpha value is -2.31. The van der Waals surface area contributed by atoms with Gasteiger partial charge in [0.25, 0.3) is 0 Å². The molecule has 2 saturated heterocycles. The van der Waals surface area contributed by atoms with E-state index in [1.54, 1.807) is 26.4 Å². The highest BCUT2D eigenvalue weighted by atomic mass is 19.1. The highest BCUT2D eigenvalue weighted by Crippen LogP contribution is 2.31. The maximum Gasteiger partial charge on any atom is 0.127 e.